The molecule has 0 saturated carbocycles. The molecule has 0 bridgehead atoms. The van der Waals surface area contributed by atoms with Crippen molar-refractivity contribution in [3.63, 3.8) is 0 Å². The summed E-state index contributed by atoms with van der Waals surface area (Å²) in [6.45, 7) is 8.39. The maximum absolute atomic E-state index is 14.0. The number of anilines is 1. The monoisotopic (exact) mass is 535 g/mol. The van der Waals surface area contributed by atoms with Crippen molar-refractivity contribution < 1.29 is 8.78 Å². The number of rotatable bonds is 4. The fraction of sp³-hybridized carbons (Fsp3) is 0.500. The van der Waals surface area contributed by atoms with Crippen molar-refractivity contribution in [1.29, 1.82) is 0 Å². The highest BCUT2D eigenvalue weighted by molar-refractivity contribution is 14.0. The highest BCUT2D eigenvalue weighted by atomic mass is 127. The second-order valence-electron chi connectivity index (χ2n) is 7.99. The third-order valence-electron chi connectivity index (χ3n) is 4.63. The Morgan fingerprint density at radius 1 is 1.34 bits per heavy atom. The van der Waals surface area contributed by atoms with Gasteiger partial charge >= 0.3 is 0 Å². The van der Waals surface area contributed by atoms with Crippen LogP contribution >= 0.6 is 35.3 Å². The van der Waals surface area contributed by atoms with Crippen molar-refractivity contribution in [2.45, 2.75) is 45.2 Å². The minimum absolute atomic E-state index is 0. The molecule has 9 heteroatoms. The number of guanidine groups is 1. The Kier molecular flexibility index (Phi) is 8.21. The number of hydrogen-bond donors (Lipinski definition) is 2. The van der Waals surface area contributed by atoms with Crippen LogP contribution in [0.15, 0.2) is 28.6 Å². The first-order chi connectivity index (χ1) is 13.3. The van der Waals surface area contributed by atoms with E-state index in [1.54, 1.807) is 18.4 Å². The largest absolute Gasteiger partial charge is 0.367 e. The van der Waals surface area contributed by atoms with Gasteiger partial charge in [-0.3, -0.25) is 4.99 Å². The minimum Gasteiger partial charge on any atom is -0.367 e. The summed E-state index contributed by atoms with van der Waals surface area (Å²) in [5.74, 6) is -0.394. The quantitative estimate of drug-likeness (QED) is 0.349. The van der Waals surface area contributed by atoms with Crippen LogP contribution in [0.4, 0.5) is 14.5 Å². The van der Waals surface area contributed by atoms with Crippen molar-refractivity contribution in [2.24, 2.45) is 4.99 Å². The number of nitrogens with zero attached hydrogens (tertiary/aromatic N) is 3. The van der Waals surface area contributed by atoms with Crippen molar-refractivity contribution in [3.8, 4) is 0 Å². The standard InChI is InChI=1S/C20H27F2N5S.HI/c1-20(2,3)18-25-15(12-28-18)10-24-19(23-4)26-14-7-8-27(11-14)17-6-5-13(21)9-16(17)22;/h5-6,9,12,14H,7-8,10-11H2,1-4H3,(H2,23,24,26);1H. The molecular weight excluding hydrogens is 507 g/mol. The first kappa shape index (κ1) is 23.8. The van der Waals surface area contributed by atoms with Crippen LogP contribution in [-0.2, 0) is 12.0 Å². The predicted octanol–water partition coefficient (Wildman–Crippen LogP) is 4.28. The van der Waals surface area contributed by atoms with Crippen molar-refractivity contribution in [1.82, 2.24) is 15.6 Å². The number of halogens is 3. The van der Waals surface area contributed by atoms with E-state index >= 15 is 0 Å². The zero-order valence-corrected chi connectivity index (χ0v) is 20.3. The Morgan fingerprint density at radius 3 is 2.72 bits per heavy atom. The zero-order valence-electron chi connectivity index (χ0n) is 17.1. The van der Waals surface area contributed by atoms with Gasteiger partial charge in [-0.1, -0.05) is 20.8 Å². The van der Waals surface area contributed by atoms with E-state index in [4.69, 9.17) is 0 Å². The third-order valence-corrected chi connectivity index (χ3v) is 5.95. The molecule has 1 aromatic carbocycles. The zero-order chi connectivity index (χ0) is 20.3. The van der Waals surface area contributed by atoms with Gasteiger partial charge in [0.1, 0.15) is 11.6 Å². The summed E-state index contributed by atoms with van der Waals surface area (Å²) in [5, 5.41) is 9.85. The molecule has 1 aliphatic heterocycles. The maximum Gasteiger partial charge on any atom is 0.191 e. The molecule has 1 fully saturated rings. The van der Waals surface area contributed by atoms with E-state index in [9.17, 15) is 8.78 Å². The van der Waals surface area contributed by atoms with Crippen molar-refractivity contribution in [2.75, 3.05) is 25.0 Å². The molecule has 3 rings (SSSR count). The number of hydrogen-bond acceptors (Lipinski definition) is 4. The van der Waals surface area contributed by atoms with Crippen LogP contribution in [0.1, 0.15) is 37.9 Å². The van der Waals surface area contributed by atoms with Gasteiger partial charge < -0.3 is 15.5 Å². The summed E-state index contributed by atoms with van der Waals surface area (Å²) >= 11 is 1.67. The Morgan fingerprint density at radius 2 is 2.10 bits per heavy atom. The number of nitrogens with one attached hydrogen (secondary N) is 2. The van der Waals surface area contributed by atoms with Crippen molar-refractivity contribution in [3.05, 3.63) is 45.9 Å². The lowest BCUT2D eigenvalue weighted by molar-refractivity contribution is 0.580. The Bertz CT molecular complexity index is 850. The summed E-state index contributed by atoms with van der Waals surface area (Å²) in [6, 6.07) is 3.85. The second-order valence-corrected chi connectivity index (χ2v) is 8.85. The molecule has 2 aromatic rings. The van der Waals surface area contributed by atoms with Gasteiger partial charge in [0.25, 0.3) is 0 Å². The van der Waals surface area contributed by atoms with Crippen LogP contribution < -0.4 is 15.5 Å². The Balaban J connectivity index is 0.00000300. The second kappa shape index (κ2) is 10.0. The number of aliphatic imine (C=N–C) groups is 1. The van der Waals surface area contributed by atoms with Crippen molar-refractivity contribution >= 4 is 47.0 Å². The van der Waals surface area contributed by atoms with Gasteiger partial charge in [-0.15, -0.1) is 35.3 Å². The summed E-state index contributed by atoms with van der Waals surface area (Å²) < 4.78 is 27.1. The minimum atomic E-state index is -0.559. The normalized spacial score (nSPS) is 17.2. The molecule has 0 amide bonds. The third kappa shape index (κ3) is 6.24. The van der Waals surface area contributed by atoms with E-state index < -0.39 is 11.6 Å². The summed E-state index contributed by atoms with van der Waals surface area (Å²) in [6.07, 6.45) is 0.850. The lowest BCUT2D eigenvalue weighted by atomic mass is 9.98. The van der Waals surface area contributed by atoms with Gasteiger partial charge in [-0.05, 0) is 18.6 Å². The fourth-order valence-electron chi connectivity index (χ4n) is 3.13. The lowest BCUT2D eigenvalue weighted by Crippen LogP contribution is -2.44. The topological polar surface area (TPSA) is 52.6 Å². The van der Waals surface area contributed by atoms with Gasteiger partial charge in [0.2, 0.25) is 0 Å². The molecule has 5 nitrogen and oxygen atoms in total. The van der Waals surface area contributed by atoms with Gasteiger partial charge in [-0.25, -0.2) is 13.8 Å². The van der Waals surface area contributed by atoms with Crippen LogP contribution in [0.2, 0.25) is 0 Å². The smallest absolute Gasteiger partial charge is 0.191 e. The van der Waals surface area contributed by atoms with Crippen LogP contribution in [0, 0.1) is 11.6 Å². The number of aromatic nitrogens is 1. The average molecular weight is 535 g/mol. The summed E-state index contributed by atoms with van der Waals surface area (Å²) in [4.78, 5) is 10.9. The highest BCUT2D eigenvalue weighted by Crippen LogP contribution is 2.26. The molecule has 0 spiro atoms. The Labute approximate surface area is 192 Å². The van der Waals surface area contributed by atoms with Gasteiger partial charge in [0, 0.05) is 43.0 Å². The fourth-order valence-corrected chi connectivity index (χ4v) is 4.04. The van der Waals surface area contributed by atoms with Gasteiger partial charge in [0.05, 0.1) is 22.9 Å². The molecule has 1 unspecified atom stereocenters. The van der Waals surface area contributed by atoms with E-state index in [1.165, 1.54) is 12.1 Å². The molecule has 1 atom stereocenters. The van der Waals surface area contributed by atoms with Crippen LogP contribution in [0.3, 0.4) is 0 Å². The highest BCUT2D eigenvalue weighted by Gasteiger charge is 2.25. The first-order valence-corrected chi connectivity index (χ1v) is 10.3. The molecule has 1 aliphatic rings. The van der Waals surface area contributed by atoms with E-state index in [1.807, 2.05) is 4.90 Å². The number of benzene rings is 1. The van der Waals surface area contributed by atoms with Crippen LogP contribution in [-0.4, -0.2) is 37.1 Å². The molecule has 1 saturated heterocycles. The van der Waals surface area contributed by atoms with E-state index in [0.717, 1.165) is 23.2 Å². The molecule has 160 valence electrons. The van der Waals surface area contributed by atoms with Crippen LogP contribution in [0.5, 0.6) is 0 Å². The predicted molar refractivity (Wildman–Crippen MR) is 127 cm³/mol. The summed E-state index contributed by atoms with van der Waals surface area (Å²) in [7, 11) is 1.73. The Hall–Kier alpha value is -1.49. The molecule has 29 heavy (non-hydrogen) atoms. The molecule has 2 heterocycles. The molecule has 0 radical (unpaired) electrons. The maximum atomic E-state index is 14.0. The van der Waals surface area contributed by atoms with E-state index in [-0.39, 0.29) is 35.4 Å². The molecule has 1 aromatic heterocycles. The molecular formula is C20H28F2IN5S. The molecule has 0 aliphatic carbocycles. The van der Waals surface area contributed by atoms with Gasteiger partial charge in [0.15, 0.2) is 5.96 Å². The average Bonchev–Trinajstić information content (AvgIpc) is 3.27. The SMILES string of the molecule is CN=C(NCc1csc(C(C)(C)C)n1)NC1CCN(c2ccc(F)cc2F)C1.I. The van der Waals surface area contributed by atoms with E-state index in [0.29, 0.717) is 31.3 Å². The number of thiazole rings is 1. The van der Waals surface area contributed by atoms with Gasteiger partial charge in [-0.2, -0.15) is 0 Å². The van der Waals surface area contributed by atoms with E-state index in [2.05, 4.69) is 46.8 Å². The summed E-state index contributed by atoms with van der Waals surface area (Å²) in [5.41, 5.74) is 1.47. The first-order valence-electron chi connectivity index (χ1n) is 9.38. The molecule has 2 N–H and O–H groups in total. The lowest BCUT2D eigenvalue weighted by Gasteiger charge is -2.20. The van der Waals surface area contributed by atoms with Crippen LogP contribution in [0.25, 0.3) is 0 Å².